The van der Waals surface area contributed by atoms with Gasteiger partial charge < -0.3 is 30.2 Å². The van der Waals surface area contributed by atoms with Gasteiger partial charge in [-0.25, -0.2) is 0 Å². The number of carbonyl (C=O) groups is 3. The molecule has 3 aliphatic rings. The summed E-state index contributed by atoms with van der Waals surface area (Å²) in [5.41, 5.74) is -0.652. The van der Waals surface area contributed by atoms with E-state index in [-0.39, 0.29) is 69.4 Å². The van der Waals surface area contributed by atoms with Gasteiger partial charge in [0.1, 0.15) is 18.3 Å². The molecule has 3 amide bonds. The molecular weight excluding hydrogens is 642 g/mol. The zero-order valence-electron chi connectivity index (χ0n) is 36.1. The average molecular weight is 724 g/mol. The van der Waals surface area contributed by atoms with Gasteiger partial charge in [0.05, 0.1) is 19.8 Å². The van der Waals surface area contributed by atoms with Gasteiger partial charge in [0.15, 0.2) is 0 Å². The molecule has 3 saturated carbocycles. The second-order valence-corrected chi connectivity index (χ2v) is 21.2. The van der Waals surface area contributed by atoms with E-state index in [1.165, 1.54) is 38.5 Å². The largest absolute Gasteiger partial charge is 0.368 e. The maximum absolute atomic E-state index is 12.2. The highest BCUT2D eigenvalue weighted by molar-refractivity contribution is 5.82. The third-order valence-electron chi connectivity index (χ3n) is 8.11. The predicted octanol–water partition coefficient (Wildman–Crippen LogP) is 8.23. The molecule has 0 saturated heterocycles. The lowest BCUT2D eigenvalue weighted by atomic mass is 9.88. The Morgan fingerprint density at radius 2 is 0.882 bits per heavy atom. The Bertz CT molecular complexity index is 1060. The van der Waals surface area contributed by atoms with Crippen molar-refractivity contribution in [2.45, 2.75) is 198 Å². The lowest BCUT2D eigenvalue weighted by molar-refractivity contribution is -0.142. The number of ether oxygens (including phenoxy) is 3. The van der Waals surface area contributed by atoms with Gasteiger partial charge in [-0.2, -0.15) is 0 Å². The van der Waals surface area contributed by atoms with E-state index < -0.39 is 0 Å². The Kier molecular flexibility index (Phi) is 18.2. The fraction of sp³-hybridized carbons (Fsp3) is 0.929. The van der Waals surface area contributed by atoms with Gasteiger partial charge in [-0.15, -0.1) is 0 Å². The van der Waals surface area contributed by atoms with E-state index in [1.54, 1.807) is 0 Å². The van der Waals surface area contributed by atoms with Crippen LogP contribution in [0, 0.1) is 34.5 Å². The maximum atomic E-state index is 12.2. The Labute approximate surface area is 313 Å². The van der Waals surface area contributed by atoms with Crippen LogP contribution < -0.4 is 16.0 Å². The minimum absolute atomic E-state index is 0.00523. The summed E-state index contributed by atoms with van der Waals surface area (Å²) in [5.74, 6) is 2.34. The van der Waals surface area contributed by atoms with E-state index in [1.807, 2.05) is 96.9 Å². The highest BCUT2D eigenvalue weighted by atomic mass is 16.5. The van der Waals surface area contributed by atoms with E-state index >= 15 is 0 Å². The second-order valence-electron chi connectivity index (χ2n) is 21.2. The van der Waals surface area contributed by atoms with Crippen molar-refractivity contribution in [1.29, 1.82) is 0 Å². The van der Waals surface area contributed by atoms with Gasteiger partial charge >= 0.3 is 0 Å². The molecule has 3 fully saturated rings. The molecule has 0 aromatic carbocycles. The number of hydrogen-bond acceptors (Lipinski definition) is 6. The van der Waals surface area contributed by atoms with E-state index in [0.29, 0.717) is 17.8 Å². The fourth-order valence-corrected chi connectivity index (χ4v) is 4.98. The van der Waals surface area contributed by atoms with Crippen LogP contribution in [0.3, 0.4) is 0 Å². The van der Waals surface area contributed by atoms with Crippen LogP contribution in [0.5, 0.6) is 0 Å². The number of carbonyl (C=O) groups excluding carboxylic acids is 3. The minimum Gasteiger partial charge on any atom is -0.368 e. The van der Waals surface area contributed by atoms with Crippen molar-refractivity contribution in [3.8, 4) is 0 Å². The van der Waals surface area contributed by atoms with Crippen LogP contribution in [0.1, 0.15) is 163 Å². The summed E-state index contributed by atoms with van der Waals surface area (Å²) in [6.45, 7) is 36.8. The number of hydrogen-bond donors (Lipinski definition) is 3. The quantitative estimate of drug-likeness (QED) is 0.166. The SMILES string of the molecule is CC(C)(C)CC(OCC1CC1)C(=O)NC(C)(C)C.CC(C)(C)NC(=O)C(OCC1CC1)C(C)(C)C.CC(C)C(OCC1CC1)C(=O)NC(C)(C)C. The van der Waals surface area contributed by atoms with Gasteiger partial charge in [0.2, 0.25) is 17.7 Å². The Morgan fingerprint density at radius 3 is 1.22 bits per heavy atom. The van der Waals surface area contributed by atoms with Gasteiger partial charge in [-0.1, -0.05) is 55.4 Å². The predicted molar refractivity (Wildman–Crippen MR) is 209 cm³/mol. The third-order valence-corrected chi connectivity index (χ3v) is 8.11. The van der Waals surface area contributed by atoms with Crippen LogP contribution in [0.4, 0.5) is 0 Å². The van der Waals surface area contributed by atoms with Crippen LogP contribution in [-0.2, 0) is 28.6 Å². The number of amides is 3. The van der Waals surface area contributed by atoms with Crippen LogP contribution >= 0.6 is 0 Å². The summed E-state index contributed by atoms with van der Waals surface area (Å²) in [4.78, 5) is 36.4. The summed E-state index contributed by atoms with van der Waals surface area (Å²) in [7, 11) is 0. The zero-order chi connectivity index (χ0) is 39.6. The molecule has 0 spiro atoms. The highest BCUT2D eigenvalue weighted by Gasteiger charge is 2.36. The molecule has 0 bridgehead atoms. The molecule has 3 unspecified atom stereocenters. The number of nitrogens with one attached hydrogen (secondary N) is 3. The Morgan fingerprint density at radius 1 is 0.529 bits per heavy atom. The van der Waals surface area contributed by atoms with E-state index in [2.05, 4.69) is 36.7 Å². The average Bonchev–Trinajstić information content (AvgIpc) is 3.72. The first kappa shape index (κ1) is 47.3. The number of rotatable bonds is 14. The highest BCUT2D eigenvalue weighted by Crippen LogP contribution is 2.33. The molecule has 9 heteroatoms. The molecule has 3 rings (SSSR count). The van der Waals surface area contributed by atoms with Gasteiger partial charge in [-0.05, 0) is 142 Å². The van der Waals surface area contributed by atoms with Crippen LogP contribution in [-0.4, -0.2) is 72.5 Å². The smallest absolute Gasteiger partial charge is 0.250 e. The first-order valence-corrected chi connectivity index (χ1v) is 19.8. The van der Waals surface area contributed by atoms with Gasteiger partial charge in [-0.3, -0.25) is 14.4 Å². The molecule has 9 nitrogen and oxygen atoms in total. The molecule has 0 aliphatic heterocycles. The normalized spacial score (nSPS) is 18.7. The van der Waals surface area contributed by atoms with Crippen molar-refractivity contribution in [3.63, 3.8) is 0 Å². The summed E-state index contributed by atoms with van der Waals surface area (Å²) >= 11 is 0. The van der Waals surface area contributed by atoms with E-state index in [0.717, 1.165) is 26.2 Å². The zero-order valence-corrected chi connectivity index (χ0v) is 36.1. The molecule has 0 radical (unpaired) electrons. The molecule has 0 aromatic rings. The van der Waals surface area contributed by atoms with Crippen LogP contribution in [0.2, 0.25) is 0 Å². The molecular formula is C42H81N3O6. The molecule has 3 aliphatic carbocycles. The summed E-state index contributed by atoms with van der Waals surface area (Å²) in [6, 6.07) is 0. The summed E-state index contributed by atoms with van der Waals surface area (Å²) < 4.78 is 17.4. The maximum Gasteiger partial charge on any atom is 0.250 e. The van der Waals surface area contributed by atoms with Crippen molar-refractivity contribution < 1.29 is 28.6 Å². The standard InChI is InChI=1S/C15H29NO2.C14H27NO2.C13H25NO2/c1-14(2,3)9-12(18-10-11-7-8-11)13(17)16-15(4,5)6;1-13(2,3)11(17-9-10-7-8-10)12(16)15-14(4,5)6;1-9(2)11(16-8-10-6-7-10)12(15)14-13(3,4)5/h11-12H,7-10H2,1-6H3,(H,16,17);10-11H,7-9H2,1-6H3,(H,15,16);9-11H,6-8H2,1-5H3,(H,14,15). The van der Waals surface area contributed by atoms with E-state index in [4.69, 9.17) is 14.2 Å². The van der Waals surface area contributed by atoms with Crippen molar-refractivity contribution in [1.82, 2.24) is 16.0 Å². The lowest BCUT2D eigenvalue weighted by Crippen LogP contribution is -2.51. The Hall–Kier alpha value is -1.71. The van der Waals surface area contributed by atoms with Gasteiger partial charge in [0.25, 0.3) is 0 Å². The molecule has 0 aromatic heterocycles. The third kappa shape index (κ3) is 25.0. The molecule has 0 heterocycles. The first-order valence-electron chi connectivity index (χ1n) is 19.8. The Balaban J connectivity index is 0.000000383. The topological polar surface area (TPSA) is 115 Å². The van der Waals surface area contributed by atoms with E-state index in [9.17, 15) is 14.4 Å². The van der Waals surface area contributed by atoms with Crippen molar-refractivity contribution in [3.05, 3.63) is 0 Å². The minimum atomic E-state index is -0.359. The van der Waals surface area contributed by atoms with Crippen LogP contribution in [0.25, 0.3) is 0 Å². The summed E-state index contributed by atoms with van der Waals surface area (Å²) in [6.07, 6.45) is 7.30. The van der Waals surface area contributed by atoms with Gasteiger partial charge in [0, 0.05) is 16.6 Å². The van der Waals surface area contributed by atoms with Crippen molar-refractivity contribution >= 4 is 17.7 Å². The molecule has 51 heavy (non-hydrogen) atoms. The van der Waals surface area contributed by atoms with Crippen LogP contribution in [0.15, 0.2) is 0 Å². The second kappa shape index (κ2) is 19.6. The monoisotopic (exact) mass is 724 g/mol. The van der Waals surface area contributed by atoms with Crippen molar-refractivity contribution in [2.75, 3.05) is 19.8 Å². The van der Waals surface area contributed by atoms with Crippen molar-refractivity contribution in [2.24, 2.45) is 34.5 Å². The first-order chi connectivity index (χ1) is 23.0. The fourth-order valence-electron chi connectivity index (χ4n) is 4.98. The summed E-state index contributed by atoms with van der Waals surface area (Å²) in [5, 5.41) is 9.01. The molecule has 3 N–H and O–H groups in total. The lowest BCUT2D eigenvalue weighted by Gasteiger charge is -2.32. The molecule has 300 valence electrons. The molecule has 3 atom stereocenters.